The molecule has 0 aliphatic carbocycles. The van der Waals surface area contributed by atoms with Crippen LogP contribution in [-0.4, -0.2) is 35.2 Å². The zero-order valence-corrected chi connectivity index (χ0v) is 13.5. The van der Waals surface area contributed by atoms with Gasteiger partial charge in [-0.2, -0.15) is 0 Å². The number of nitrogens with one attached hydrogen (secondary N) is 2. The van der Waals surface area contributed by atoms with E-state index in [-0.39, 0.29) is 11.4 Å². The topological polar surface area (TPSA) is 67.4 Å². The molecule has 19 heavy (non-hydrogen) atoms. The van der Waals surface area contributed by atoms with Gasteiger partial charge >= 0.3 is 0 Å². The smallest absolute Gasteiger partial charge is 0.241 e. The molecule has 1 rings (SSSR count). The number of ether oxygens (including phenoxy) is 1. The average Bonchev–Trinajstić information content (AvgIpc) is 2.37. The third kappa shape index (κ3) is 5.19. The van der Waals surface area contributed by atoms with E-state index in [1.54, 1.807) is 12.1 Å². The first-order valence-electron chi connectivity index (χ1n) is 5.99. The van der Waals surface area contributed by atoms with Crippen LogP contribution in [0.2, 0.25) is 0 Å². The van der Waals surface area contributed by atoms with E-state index in [0.29, 0.717) is 17.6 Å². The zero-order valence-electron chi connectivity index (χ0n) is 11.1. The van der Waals surface area contributed by atoms with Crippen molar-refractivity contribution in [2.24, 2.45) is 0 Å². The summed E-state index contributed by atoms with van der Waals surface area (Å²) in [4.78, 5) is 0.249. The molecule has 108 valence electrons. The minimum absolute atomic E-state index is 0.249. The van der Waals surface area contributed by atoms with Crippen molar-refractivity contribution < 1.29 is 13.2 Å². The van der Waals surface area contributed by atoms with E-state index >= 15 is 0 Å². The Morgan fingerprint density at radius 3 is 2.74 bits per heavy atom. The highest BCUT2D eigenvalue weighted by Crippen LogP contribution is 2.23. The summed E-state index contributed by atoms with van der Waals surface area (Å²) < 4.78 is 32.2. The molecule has 0 unspecified atom stereocenters. The Hall–Kier alpha value is -0.470. The highest BCUT2D eigenvalue weighted by Gasteiger charge is 2.17. The summed E-state index contributed by atoms with van der Waals surface area (Å²) in [6.45, 7) is 4.08. The van der Waals surface area contributed by atoms with E-state index in [4.69, 9.17) is 4.74 Å². The largest absolute Gasteiger partial charge is 0.383 e. The quantitative estimate of drug-likeness (QED) is 0.697. The van der Waals surface area contributed by atoms with Gasteiger partial charge in [0.25, 0.3) is 0 Å². The predicted octanol–water partition coefficient (Wildman–Crippen LogP) is 1.48. The first-order chi connectivity index (χ1) is 9.01. The summed E-state index contributed by atoms with van der Waals surface area (Å²) in [5.74, 6) is 0. The van der Waals surface area contributed by atoms with Crippen LogP contribution in [0.15, 0.2) is 27.6 Å². The molecule has 0 aromatic heterocycles. The Morgan fingerprint density at radius 2 is 2.11 bits per heavy atom. The fourth-order valence-electron chi connectivity index (χ4n) is 1.49. The summed E-state index contributed by atoms with van der Waals surface area (Å²) in [6, 6.07) is 5.31. The fraction of sp³-hybridized carbons (Fsp3) is 0.500. The molecule has 1 aromatic carbocycles. The Balaban J connectivity index is 2.91. The molecule has 0 atom stereocenters. The summed E-state index contributed by atoms with van der Waals surface area (Å²) in [5.41, 5.74) is 0.928. The number of halogens is 1. The molecule has 2 N–H and O–H groups in total. The molecule has 1 aromatic rings. The van der Waals surface area contributed by atoms with Crippen LogP contribution in [0.3, 0.4) is 0 Å². The van der Waals surface area contributed by atoms with Gasteiger partial charge in [0.05, 0.1) is 11.5 Å². The van der Waals surface area contributed by atoms with E-state index in [2.05, 4.69) is 26.0 Å². The van der Waals surface area contributed by atoms with Gasteiger partial charge in [0.2, 0.25) is 10.0 Å². The lowest BCUT2D eigenvalue weighted by molar-refractivity contribution is 0.204. The lowest BCUT2D eigenvalue weighted by Crippen LogP contribution is -2.27. The van der Waals surface area contributed by atoms with Crippen molar-refractivity contribution in [2.45, 2.75) is 18.4 Å². The van der Waals surface area contributed by atoms with Crippen LogP contribution < -0.4 is 10.0 Å². The second kappa shape index (κ2) is 7.96. The number of rotatable bonds is 8. The molecule has 0 aliphatic rings. The molecule has 7 heteroatoms. The van der Waals surface area contributed by atoms with E-state index in [1.807, 2.05) is 13.0 Å². The molecule has 0 saturated carbocycles. The number of hydrogen-bond acceptors (Lipinski definition) is 4. The standard InChI is InChI=1S/C12H19BrN2O3S/c1-3-14-9-10-4-5-11(13)12(8-10)19(16,17)15-6-7-18-2/h4-5,8,14-15H,3,6-7,9H2,1-2H3. The zero-order chi connectivity index (χ0) is 14.3. The van der Waals surface area contributed by atoms with Gasteiger partial charge < -0.3 is 10.1 Å². The molecule has 0 saturated heterocycles. The van der Waals surface area contributed by atoms with Gasteiger partial charge in [-0.3, -0.25) is 0 Å². The molecule has 0 aliphatic heterocycles. The second-order valence-corrected chi connectivity index (χ2v) is 6.53. The van der Waals surface area contributed by atoms with Gasteiger partial charge in [-0.05, 0) is 40.2 Å². The number of hydrogen-bond donors (Lipinski definition) is 2. The Bertz CT molecular complexity index is 506. The Labute approximate surface area is 122 Å². The molecular weight excluding hydrogens is 332 g/mol. The maximum Gasteiger partial charge on any atom is 0.241 e. The third-order valence-corrected chi connectivity index (χ3v) is 4.92. The summed E-state index contributed by atoms with van der Waals surface area (Å²) in [7, 11) is -1.99. The minimum Gasteiger partial charge on any atom is -0.383 e. The van der Waals surface area contributed by atoms with Gasteiger partial charge in [0, 0.05) is 24.7 Å². The first-order valence-corrected chi connectivity index (χ1v) is 8.26. The fourth-order valence-corrected chi connectivity index (χ4v) is 3.51. The van der Waals surface area contributed by atoms with Crippen molar-refractivity contribution in [2.75, 3.05) is 26.8 Å². The number of sulfonamides is 1. The lowest BCUT2D eigenvalue weighted by Gasteiger charge is -2.10. The monoisotopic (exact) mass is 350 g/mol. The van der Waals surface area contributed by atoms with Crippen LogP contribution in [0.1, 0.15) is 12.5 Å². The number of methoxy groups -OCH3 is 1. The normalized spacial score (nSPS) is 11.7. The Morgan fingerprint density at radius 1 is 1.37 bits per heavy atom. The van der Waals surface area contributed by atoms with Crippen molar-refractivity contribution in [1.29, 1.82) is 0 Å². The SMILES string of the molecule is CCNCc1ccc(Br)c(S(=O)(=O)NCCOC)c1. The van der Waals surface area contributed by atoms with Gasteiger partial charge in [-0.25, -0.2) is 13.1 Å². The van der Waals surface area contributed by atoms with Gasteiger partial charge in [0.1, 0.15) is 0 Å². The molecule has 0 amide bonds. The van der Waals surface area contributed by atoms with Crippen molar-refractivity contribution in [1.82, 2.24) is 10.0 Å². The van der Waals surface area contributed by atoms with Crippen molar-refractivity contribution >= 4 is 26.0 Å². The van der Waals surface area contributed by atoms with Crippen molar-refractivity contribution in [3.63, 3.8) is 0 Å². The average molecular weight is 351 g/mol. The lowest BCUT2D eigenvalue weighted by atomic mass is 10.2. The van der Waals surface area contributed by atoms with Gasteiger partial charge in [-0.15, -0.1) is 0 Å². The molecule has 0 heterocycles. The summed E-state index contributed by atoms with van der Waals surface area (Å²) >= 11 is 3.27. The summed E-state index contributed by atoms with van der Waals surface area (Å²) in [5, 5.41) is 3.16. The van der Waals surface area contributed by atoms with Crippen LogP contribution in [0, 0.1) is 0 Å². The maximum atomic E-state index is 12.1. The minimum atomic E-state index is -3.52. The molecule has 0 bridgehead atoms. The molecule has 5 nitrogen and oxygen atoms in total. The van der Waals surface area contributed by atoms with Gasteiger partial charge in [-0.1, -0.05) is 13.0 Å². The number of benzene rings is 1. The van der Waals surface area contributed by atoms with Crippen molar-refractivity contribution in [3.05, 3.63) is 28.2 Å². The van der Waals surface area contributed by atoms with E-state index < -0.39 is 10.0 Å². The van der Waals surface area contributed by atoms with Crippen molar-refractivity contribution in [3.8, 4) is 0 Å². The van der Waals surface area contributed by atoms with E-state index in [1.165, 1.54) is 7.11 Å². The van der Waals surface area contributed by atoms with Gasteiger partial charge in [0.15, 0.2) is 0 Å². The van der Waals surface area contributed by atoms with E-state index in [0.717, 1.165) is 12.1 Å². The highest BCUT2D eigenvalue weighted by molar-refractivity contribution is 9.10. The van der Waals surface area contributed by atoms with Crippen LogP contribution in [-0.2, 0) is 21.3 Å². The van der Waals surface area contributed by atoms with E-state index in [9.17, 15) is 8.42 Å². The first kappa shape index (κ1) is 16.6. The predicted molar refractivity (Wildman–Crippen MR) is 78.6 cm³/mol. The van der Waals surface area contributed by atoms with Crippen LogP contribution in [0.4, 0.5) is 0 Å². The third-order valence-electron chi connectivity index (χ3n) is 2.46. The molecule has 0 spiro atoms. The second-order valence-electron chi connectivity index (χ2n) is 3.94. The molecule has 0 radical (unpaired) electrons. The van der Waals surface area contributed by atoms with Crippen LogP contribution >= 0.6 is 15.9 Å². The molecule has 0 fully saturated rings. The summed E-state index contributed by atoms with van der Waals surface area (Å²) in [6.07, 6.45) is 0. The Kier molecular flexibility index (Phi) is 6.95. The molecular formula is C12H19BrN2O3S. The maximum absolute atomic E-state index is 12.1. The highest BCUT2D eigenvalue weighted by atomic mass is 79.9. The van der Waals surface area contributed by atoms with Crippen LogP contribution in [0.5, 0.6) is 0 Å². The van der Waals surface area contributed by atoms with Crippen LogP contribution in [0.25, 0.3) is 0 Å².